The molecule has 0 aliphatic carbocycles. The Kier molecular flexibility index (Phi) is 3.81. The van der Waals surface area contributed by atoms with E-state index in [1.807, 2.05) is 12.3 Å². The van der Waals surface area contributed by atoms with Crippen LogP contribution in [0.3, 0.4) is 0 Å². The molecule has 0 N–H and O–H groups in total. The Morgan fingerprint density at radius 2 is 1.14 bits per heavy atom. The molecular formula is C21H21N. The number of rotatable bonds is 2. The molecule has 0 bridgehead atoms. The zero-order valence-corrected chi connectivity index (χ0v) is 13.4. The van der Waals surface area contributed by atoms with Crippen molar-refractivity contribution in [2.75, 3.05) is 0 Å². The molecule has 2 aromatic carbocycles. The lowest BCUT2D eigenvalue weighted by Gasteiger charge is -2.19. The Morgan fingerprint density at radius 3 is 1.59 bits per heavy atom. The molecule has 1 heterocycles. The summed E-state index contributed by atoms with van der Waals surface area (Å²) in [7, 11) is 0. The molecule has 1 aromatic heterocycles. The van der Waals surface area contributed by atoms with Gasteiger partial charge in [-0.3, -0.25) is 4.98 Å². The summed E-state index contributed by atoms with van der Waals surface area (Å²) < 4.78 is 0. The highest BCUT2D eigenvalue weighted by molar-refractivity contribution is 5.70. The minimum atomic E-state index is 0.197. The topological polar surface area (TPSA) is 12.9 Å². The molecule has 0 atom stereocenters. The summed E-state index contributed by atoms with van der Waals surface area (Å²) in [6.07, 6.45) is 3.70. The second-order valence-corrected chi connectivity index (χ2v) is 6.65. The van der Waals surface area contributed by atoms with Crippen molar-refractivity contribution in [1.82, 2.24) is 4.98 Å². The van der Waals surface area contributed by atoms with E-state index in [1.165, 1.54) is 22.3 Å². The zero-order valence-electron chi connectivity index (χ0n) is 13.4. The molecule has 0 amide bonds. The maximum atomic E-state index is 4.17. The molecule has 0 aliphatic rings. The van der Waals surface area contributed by atoms with Gasteiger partial charge in [-0.1, -0.05) is 75.4 Å². The highest BCUT2D eigenvalue weighted by atomic mass is 14.6. The summed E-state index contributed by atoms with van der Waals surface area (Å²) in [4.78, 5) is 4.17. The largest absolute Gasteiger partial charge is 0.264 e. The van der Waals surface area contributed by atoms with Gasteiger partial charge in [-0.2, -0.15) is 0 Å². The molecule has 1 nitrogen and oxygen atoms in total. The zero-order chi connectivity index (χ0) is 15.6. The van der Waals surface area contributed by atoms with E-state index in [0.29, 0.717) is 0 Å². The SMILES string of the molecule is CC(C)(C)c1ccc(-c2ccc(-c3cccnc3)cc2)cc1. The summed E-state index contributed by atoms with van der Waals surface area (Å²) in [5.41, 5.74) is 6.41. The summed E-state index contributed by atoms with van der Waals surface area (Å²) in [6.45, 7) is 6.72. The third-order valence-electron chi connectivity index (χ3n) is 3.96. The van der Waals surface area contributed by atoms with Crippen LogP contribution in [0.4, 0.5) is 0 Å². The Morgan fingerprint density at radius 1 is 0.636 bits per heavy atom. The van der Waals surface area contributed by atoms with Crippen molar-refractivity contribution in [2.45, 2.75) is 26.2 Å². The van der Waals surface area contributed by atoms with Gasteiger partial charge in [0.25, 0.3) is 0 Å². The average Bonchev–Trinajstić information content (AvgIpc) is 2.55. The van der Waals surface area contributed by atoms with E-state index in [2.05, 4.69) is 80.4 Å². The van der Waals surface area contributed by atoms with Gasteiger partial charge in [0.05, 0.1) is 0 Å². The lowest BCUT2D eigenvalue weighted by molar-refractivity contribution is 0.590. The van der Waals surface area contributed by atoms with E-state index < -0.39 is 0 Å². The van der Waals surface area contributed by atoms with Crippen molar-refractivity contribution < 1.29 is 0 Å². The Hall–Kier alpha value is -2.41. The number of hydrogen-bond acceptors (Lipinski definition) is 1. The lowest BCUT2D eigenvalue weighted by atomic mass is 9.86. The maximum absolute atomic E-state index is 4.17. The number of pyridine rings is 1. The molecule has 0 fully saturated rings. The van der Waals surface area contributed by atoms with Gasteiger partial charge in [0.15, 0.2) is 0 Å². The lowest BCUT2D eigenvalue weighted by Crippen LogP contribution is -2.10. The van der Waals surface area contributed by atoms with Crippen LogP contribution in [-0.4, -0.2) is 4.98 Å². The molecule has 0 radical (unpaired) electrons. The first kappa shape index (κ1) is 14.5. The van der Waals surface area contributed by atoms with Gasteiger partial charge in [0.2, 0.25) is 0 Å². The summed E-state index contributed by atoms with van der Waals surface area (Å²) >= 11 is 0. The summed E-state index contributed by atoms with van der Waals surface area (Å²) in [5.74, 6) is 0. The standard InChI is InChI=1S/C21H21N/c1-21(2,3)20-12-10-17(11-13-20)16-6-8-18(9-7-16)19-5-4-14-22-15-19/h4-15H,1-3H3. The number of nitrogens with zero attached hydrogens (tertiary/aromatic N) is 1. The van der Waals surface area contributed by atoms with Crippen molar-refractivity contribution in [1.29, 1.82) is 0 Å². The van der Waals surface area contributed by atoms with Crippen molar-refractivity contribution >= 4 is 0 Å². The maximum Gasteiger partial charge on any atom is 0.0346 e. The molecule has 0 aliphatic heterocycles. The van der Waals surface area contributed by atoms with Crippen LogP contribution < -0.4 is 0 Å². The molecule has 110 valence electrons. The number of benzene rings is 2. The predicted molar refractivity (Wildman–Crippen MR) is 93.8 cm³/mol. The van der Waals surface area contributed by atoms with E-state index in [9.17, 15) is 0 Å². The molecule has 3 rings (SSSR count). The molecule has 0 unspecified atom stereocenters. The second kappa shape index (κ2) is 5.76. The van der Waals surface area contributed by atoms with Crippen LogP contribution in [-0.2, 0) is 5.41 Å². The van der Waals surface area contributed by atoms with E-state index in [-0.39, 0.29) is 5.41 Å². The smallest absolute Gasteiger partial charge is 0.0346 e. The van der Waals surface area contributed by atoms with Crippen molar-refractivity contribution in [2.24, 2.45) is 0 Å². The van der Waals surface area contributed by atoms with Crippen LogP contribution in [0.1, 0.15) is 26.3 Å². The molecule has 22 heavy (non-hydrogen) atoms. The first-order valence-electron chi connectivity index (χ1n) is 7.65. The van der Waals surface area contributed by atoms with Gasteiger partial charge in [-0.25, -0.2) is 0 Å². The van der Waals surface area contributed by atoms with Gasteiger partial charge in [0.1, 0.15) is 0 Å². The van der Waals surface area contributed by atoms with Gasteiger partial charge >= 0.3 is 0 Å². The van der Waals surface area contributed by atoms with Gasteiger partial charge < -0.3 is 0 Å². The quantitative estimate of drug-likeness (QED) is 0.588. The van der Waals surface area contributed by atoms with Crippen LogP contribution in [0.2, 0.25) is 0 Å². The number of aromatic nitrogens is 1. The first-order valence-corrected chi connectivity index (χ1v) is 7.65. The highest BCUT2D eigenvalue weighted by Crippen LogP contribution is 2.27. The van der Waals surface area contributed by atoms with Crippen molar-refractivity contribution in [3.8, 4) is 22.3 Å². The van der Waals surface area contributed by atoms with Gasteiger partial charge in [0, 0.05) is 12.4 Å². The van der Waals surface area contributed by atoms with Crippen LogP contribution in [0.15, 0.2) is 73.1 Å². The highest BCUT2D eigenvalue weighted by Gasteiger charge is 2.13. The summed E-state index contributed by atoms with van der Waals surface area (Å²) in [6, 6.07) is 21.6. The van der Waals surface area contributed by atoms with E-state index in [4.69, 9.17) is 0 Å². The molecule has 0 saturated heterocycles. The molecular weight excluding hydrogens is 266 g/mol. The molecule has 0 spiro atoms. The Labute approximate surface area is 132 Å². The van der Waals surface area contributed by atoms with E-state index >= 15 is 0 Å². The molecule has 3 aromatic rings. The average molecular weight is 287 g/mol. The minimum absolute atomic E-state index is 0.197. The molecule has 0 saturated carbocycles. The molecule has 1 heteroatoms. The van der Waals surface area contributed by atoms with Crippen LogP contribution in [0.5, 0.6) is 0 Å². The fourth-order valence-corrected chi connectivity index (χ4v) is 2.55. The monoisotopic (exact) mass is 287 g/mol. The predicted octanol–water partition coefficient (Wildman–Crippen LogP) is 5.71. The Balaban J connectivity index is 1.87. The minimum Gasteiger partial charge on any atom is -0.264 e. The van der Waals surface area contributed by atoms with Gasteiger partial charge in [-0.05, 0) is 39.3 Å². The van der Waals surface area contributed by atoms with E-state index in [0.717, 1.165) is 5.56 Å². The van der Waals surface area contributed by atoms with Crippen LogP contribution in [0.25, 0.3) is 22.3 Å². The Bertz CT molecular complexity index is 733. The van der Waals surface area contributed by atoms with E-state index in [1.54, 1.807) is 6.20 Å². The fourth-order valence-electron chi connectivity index (χ4n) is 2.55. The van der Waals surface area contributed by atoms with Crippen molar-refractivity contribution in [3.05, 3.63) is 78.6 Å². The fraction of sp³-hybridized carbons (Fsp3) is 0.190. The third-order valence-corrected chi connectivity index (χ3v) is 3.96. The third kappa shape index (κ3) is 3.09. The van der Waals surface area contributed by atoms with Crippen LogP contribution >= 0.6 is 0 Å². The first-order chi connectivity index (χ1) is 10.5. The summed E-state index contributed by atoms with van der Waals surface area (Å²) in [5, 5.41) is 0. The number of hydrogen-bond donors (Lipinski definition) is 0. The van der Waals surface area contributed by atoms with Gasteiger partial charge in [-0.15, -0.1) is 0 Å². The van der Waals surface area contributed by atoms with Crippen molar-refractivity contribution in [3.63, 3.8) is 0 Å². The van der Waals surface area contributed by atoms with Crippen LogP contribution in [0, 0.1) is 0 Å². The normalized spacial score (nSPS) is 11.4. The second-order valence-electron chi connectivity index (χ2n) is 6.65.